The topological polar surface area (TPSA) is 138 Å². The molecule has 1 atom stereocenters. The minimum Gasteiger partial charge on any atom is -0.497 e. The fraction of sp³-hybridized carbons (Fsp3) is 0.656. The highest BCUT2D eigenvalue weighted by Crippen LogP contribution is 2.34. The maximum absolute atomic E-state index is 10.4. The van der Waals surface area contributed by atoms with Crippen LogP contribution in [-0.4, -0.2) is 61.5 Å². The number of methoxy groups -OCH3 is 1. The molecular formula is C32H54N4O6. The lowest BCUT2D eigenvalue weighted by atomic mass is 9.95. The number of carbonyl (C=O) groups is 1. The summed E-state index contributed by atoms with van der Waals surface area (Å²) in [5.41, 5.74) is 9.47. The van der Waals surface area contributed by atoms with Gasteiger partial charge in [-0.05, 0) is 75.4 Å². The first-order valence-electron chi connectivity index (χ1n) is 15.3. The zero-order valence-electron chi connectivity index (χ0n) is 26.7. The molecule has 0 spiro atoms. The monoisotopic (exact) mass is 590 g/mol. The van der Waals surface area contributed by atoms with Gasteiger partial charge in [-0.1, -0.05) is 40.0 Å². The van der Waals surface area contributed by atoms with E-state index in [1.54, 1.807) is 7.11 Å². The molecule has 0 amide bonds. The Morgan fingerprint density at radius 1 is 1.14 bits per heavy atom. The summed E-state index contributed by atoms with van der Waals surface area (Å²) in [6.45, 7) is 9.80. The number of ether oxygens (including phenoxy) is 4. The van der Waals surface area contributed by atoms with Crippen molar-refractivity contribution in [2.75, 3.05) is 39.5 Å². The van der Waals surface area contributed by atoms with E-state index < -0.39 is 0 Å². The normalized spacial score (nSPS) is 12.9. The Labute approximate surface area is 252 Å². The molecule has 10 heteroatoms. The number of nitrogens with zero attached hydrogens (tertiary/aromatic N) is 2. The molecule has 10 nitrogen and oxygen atoms in total. The maximum Gasteiger partial charge on any atom is 0.305 e. The van der Waals surface area contributed by atoms with Crippen molar-refractivity contribution >= 4 is 11.8 Å². The van der Waals surface area contributed by atoms with Crippen LogP contribution >= 0.6 is 0 Å². The molecule has 0 saturated heterocycles. The van der Waals surface area contributed by atoms with Crippen molar-refractivity contribution in [2.45, 2.75) is 105 Å². The van der Waals surface area contributed by atoms with Crippen LogP contribution in [0, 0.1) is 0 Å². The minimum atomic E-state index is -0.332. The summed E-state index contributed by atoms with van der Waals surface area (Å²) in [7, 11) is 3.17. The lowest BCUT2D eigenvalue weighted by molar-refractivity contribution is -0.143. The summed E-state index contributed by atoms with van der Waals surface area (Å²) in [6, 6.07) is 6.31. The van der Waals surface area contributed by atoms with Gasteiger partial charge in [0.05, 0.1) is 32.6 Å². The zero-order valence-corrected chi connectivity index (χ0v) is 26.7. The molecule has 0 radical (unpaired) electrons. The smallest absolute Gasteiger partial charge is 0.305 e. The van der Waals surface area contributed by atoms with E-state index in [1.807, 2.05) is 32.0 Å². The second kappa shape index (κ2) is 22.8. The Bertz CT molecular complexity index is 1010. The van der Waals surface area contributed by atoms with E-state index in [2.05, 4.69) is 39.8 Å². The van der Waals surface area contributed by atoms with Crippen molar-refractivity contribution < 1.29 is 28.8 Å². The summed E-state index contributed by atoms with van der Waals surface area (Å²) in [5, 5.41) is 22.3. The third-order valence-electron chi connectivity index (χ3n) is 6.81. The number of benzene rings is 1. The number of anilines is 1. The fourth-order valence-corrected chi connectivity index (χ4v) is 4.64. The molecule has 0 aliphatic carbocycles. The predicted molar refractivity (Wildman–Crippen MR) is 167 cm³/mol. The summed E-state index contributed by atoms with van der Waals surface area (Å²) in [5.74, 6) is 1.46. The average Bonchev–Trinajstić information content (AvgIpc) is 3.10. The molecule has 238 valence electrons. The van der Waals surface area contributed by atoms with Crippen LogP contribution in [0.25, 0.3) is 11.3 Å². The van der Waals surface area contributed by atoms with E-state index in [-0.39, 0.29) is 19.4 Å². The number of esters is 1. The fourth-order valence-electron chi connectivity index (χ4n) is 4.64. The Morgan fingerprint density at radius 3 is 2.57 bits per heavy atom. The number of aliphatic hydroxyl groups excluding tert-OH is 1. The molecule has 1 aromatic carbocycles. The van der Waals surface area contributed by atoms with Gasteiger partial charge in [0.15, 0.2) is 5.82 Å². The van der Waals surface area contributed by atoms with E-state index in [0.29, 0.717) is 32.3 Å². The molecule has 2 aromatic rings. The van der Waals surface area contributed by atoms with Crippen molar-refractivity contribution in [2.24, 2.45) is 5.73 Å². The van der Waals surface area contributed by atoms with Gasteiger partial charge in [-0.3, -0.25) is 4.79 Å². The second-order valence-corrected chi connectivity index (χ2v) is 9.81. The van der Waals surface area contributed by atoms with Gasteiger partial charge >= 0.3 is 5.97 Å². The number of aliphatic hydroxyl groups is 1. The van der Waals surface area contributed by atoms with Crippen LogP contribution in [0.2, 0.25) is 0 Å². The number of nitrogens with two attached hydrogens (primary N) is 1. The molecular weight excluding hydrogens is 536 g/mol. The third-order valence-corrected chi connectivity index (χ3v) is 6.81. The summed E-state index contributed by atoms with van der Waals surface area (Å²) < 4.78 is 21.4. The standard InChI is InChI=1S/C25H37N3O4.C6H12O2.CH5N/c1-4-6-7-9-19(5-2)26-25-23(16-32-17-29)22-10-8-13-31-15-18-14-20(30-3)11-12-21(18)24(22)27-28-25;1-3-5-6(7)8-4-2;1-2/h11-12,14,19,29H,4-10,13,15-17H2,1-3H3,(H,26,28);3-5H2,1-2H3;2H2,1H3. The molecule has 1 aliphatic heterocycles. The molecule has 42 heavy (non-hydrogen) atoms. The predicted octanol–water partition coefficient (Wildman–Crippen LogP) is 5.78. The molecule has 1 aromatic heterocycles. The zero-order chi connectivity index (χ0) is 31.2. The Morgan fingerprint density at radius 2 is 1.93 bits per heavy atom. The molecule has 0 fully saturated rings. The van der Waals surface area contributed by atoms with Gasteiger partial charge in [0.25, 0.3) is 0 Å². The number of fused-ring (bicyclic) bond motifs is 3. The summed E-state index contributed by atoms with van der Waals surface area (Å²) in [4.78, 5) is 10.4. The van der Waals surface area contributed by atoms with E-state index in [0.717, 1.165) is 71.6 Å². The van der Waals surface area contributed by atoms with E-state index >= 15 is 0 Å². The lowest BCUT2D eigenvalue weighted by Crippen LogP contribution is -2.22. The highest BCUT2D eigenvalue weighted by molar-refractivity contribution is 5.71. The van der Waals surface area contributed by atoms with Gasteiger partial charge in [0.1, 0.15) is 12.5 Å². The first kappa shape index (κ1) is 37.2. The van der Waals surface area contributed by atoms with Crippen LogP contribution < -0.4 is 15.8 Å². The minimum absolute atomic E-state index is 0.0880. The number of rotatable bonds is 14. The van der Waals surface area contributed by atoms with E-state index in [4.69, 9.17) is 14.2 Å². The molecule has 1 aliphatic rings. The lowest BCUT2D eigenvalue weighted by Gasteiger charge is -2.22. The molecule has 4 N–H and O–H groups in total. The number of nitrogens with one attached hydrogen (secondary N) is 1. The van der Waals surface area contributed by atoms with E-state index in [1.165, 1.54) is 26.3 Å². The summed E-state index contributed by atoms with van der Waals surface area (Å²) in [6.07, 6.45) is 8.84. The van der Waals surface area contributed by atoms with Gasteiger partial charge in [0.2, 0.25) is 0 Å². The van der Waals surface area contributed by atoms with Crippen molar-refractivity contribution in [3.8, 4) is 17.0 Å². The van der Waals surface area contributed by atoms with Gasteiger partial charge in [-0.25, -0.2) is 0 Å². The van der Waals surface area contributed by atoms with E-state index in [9.17, 15) is 9.90 Å². The van der Waals surface area contributed by atoms with Crippen LogP contribution in [0.4, 0.5) is 5.82 Å². The molecule has 2 heterocycles. The Hall–Kier alpha value is -2.79. The quantitative estimate of drug-likeness (QED) is 0.141. The number of unbranched alkanes of at least 4 members (excludes halogenated alkanes) is 2. The number of hydrogen-bond acceptors (Lipinski definition) is 10. The van der Waals surface area contributed by atoms with Crippen LogP contribution in [0.5, 0.6) is 5.75 Å². The van der Waals surface area contributed by atoms with Crippen molar-refractivity contribution in [1.29, 1.82) is 0 Å². The number of aromatic nitrogens is 2. The van der Waals surface area contributed by atoms with Crippen LogP contribution in [0.1, 0.15) is 95.8 Å². The first-order chi connectivity index (χ1) is 20.5. The highest BCUT2D eigenvalue weighted by Gasteiger charge is 2.22. The van der Waals surface area contributed by atoms with Crippen LogP contribution in [0.3, 0.4) is 0 Å². The second-order valence-electron chi connectivity index (χ2n) is 9.81. The largest absolute Gasteiger partial charge is 0.497 e. The molecule has 0 saturated carbocycles. The van der Waals surface area contributed by atoms with Crippen LogP contribution in [0.15, 0.2) is 18.2 Å². The van der Waals surface area contributed by atoms with Crippen LogP contribution in [-0.2, 0) is 38.6 Å². The van der Waals surface area contributed by atoms with Gasteiger partial charge < -0.3 is 35.1 Å². The Balaban J connectivity index is 0.000000762. The summed E-state index contributed by atoms with van der Waals surface area (Å²) >= 11 is 0. The molecule has 1 unspecified atom stereocenters. The Kier molecular flexibility index (Phi) is 20.2. The molecule has 0 bridgehead atoms. The average molecular weight is 591 g/mol. The highest BCUT2D eigenvalue weighted by atomic mass is 16.6. The van der Waals surface area contributed by atoms with Crippen molar-refractivity contribution in [3.05, 3.63) is 34.9 Å². The van der Waals surface area contributed by atoms with Crippen molar-refractivity contribution in [3.63, 3.8) is 0 Å². The first-order valence-corrected chi connectivity index (χ1v) is 15.3. The third kappa shape index (κ3) is 12.6. The van der Waals surface area contributed by atoms with Crippen molar-refractivity contribution in [1.82, 2.24) is 10.2 Å². The van der Waals surface area contributed by atoms with Gasteiger partial charge in [0, 0.05) is 30.2 Å². The van der Waals surface area contributed by atoms with Gasteiger partial charge in [-0.15, -0.1) is 10.2 Å². The van der Waals surface area contributed by atoms with Gasteiger partial charge in [-0.2, -0.15) is 0 Å². The molecule has 3 rings (SSSR count). The number of hydrogen-bond donors (Lipinski definition) is 3. The number of carbonyl (C=O) groups excluding carboxylic acids is 1. The SMILES string of the molecule is CCCC(=O)OCC.CCCCCC(CC)Nc1nnc2c(c1COCO)CCCOCc1cc(OC)ccc1-2.CN. The maximum atomic E-state index is 10.4.